The Morgan fingerprint density at radius 3 is 1.06 bits per heavy atom. The maximum atomic E-state index is 13.1. The number of nitrogens with one attached hydrogen (secondary N) is 1. The molecule has 1 heterocycles. The van der Waals surface area contributed by atoms with E-state index in [4.69, 9.17) is 9.47 Å². The van der Waals surface area contributed by atoms with Crippen molar-refractivity contribution in [3.05, 3.63) is 0 Å². The van der Waals surface area contributed by atoms with Gasteiger partial charge >= 0.3 is 0 Å². The van der Waals surface area contributed by atoms with E-state index < -0.39 is 55.6 Å². The minimum Gasteiger partial charge on any atom is -0.394 e. The van der Waals surface area contributed by atoms with Crippen molar-refractivity contribution in [1.29, 1.82) is 0 Å². The predicted molar refractivity (Wildman–Crippen MR) is 292 cm³/mol. The topological polar surface area (TPSA) is 169 Å². The van der Waals surface area contributed by atoms with Crippen molar-refractivity contribution in [3.8, 4) is 0 Å². The van der Waals surface area contributed by atoms with Crippen LogP contribution < -0.4 is 5.32 Å². The molecule has 70 heavy (non-hydrogen) atoms. The van der Waals surface area contributed by atoms with Crippen LogP contribution in [0.25, 0.3) is 0 Å². The highest BCUT2D eigenvalue weighted by atomic mass is 16.7. The second kappa shape index (κ2) is 50.3. The molecule has 7 N–H and O–H groups in total. The van der Waals surface area contributed by atoms with Crippen LogP contribution in [0.4, 0.5) is 0 Å². The number of ether oxygens (including phenoxy) is 2. The van der Waals surface area contributed by atoms with Crippen molar-refractivity contribution in [3.63, 3.8) is 0 Å². The summed E-state index contributed by atoms with van der Waals surface area (Å²) in [5, 5.41) is 65.5. The van der Waals surface area contributed by atoms with Gasteiger partial charge in [0.05, 0.1) is 25.4 Å². The van der Waals surface area contributed by atoms with Crippen LogP contribution in [-0.4, -0.2) is 98.7 Å². The van der Waals surface area contributed by atoms with Crippen molar-refractivity contribution < 1.29 is 44.9 Å². The molecule has 1 aliphatic rings. The Morgan fingerprint density at radius 1 is 0.443 bits per heavy atom. The van der Waals surface area contributed by atoms with Gasteiger partial charge in [0.15, 0.2) is 6.29 Å². The number of aliphatic hydroxyl groups excluding tert-OH is 6. The smallest absolute Gasteiger partial charge is 0.220 e. The maximum absolute atomic E-state index is 13.1. The van der Waals surface area contributed by atoms with Gasteiger partial charge in [-0.3, -0.25) is 4.79 Å². The van der Waals surface area contributed by atoms with Crippen LogP contribution in [0.5, 0.6) is 0 Å². The second-order valence-electron chi connectivity index (χ2n) is 22.0. The van der Waals surface area contributed by atoms with Crippen molar-refractivity contribution in [2.45, 2.75) is 365 Å². The average molecular weight is 999 g/mol. The number of aliphatic hydroxyl groups is 6. The summed E-state index contributed by atoms with van der Waals surface area (Å²) in [5.41, 5.74) is 0. The van der Waals surface area contributed by atoms with Crippen LogP contribution in [0.3, 0.4) is 0 Å². The van der Waals surface area contributed by atoms with Gasteiger partial charge in [-0.2, -0.15) is 0 Å². The minimum absolute atomic E-state index is 0.249. The first-order chi connectivity index (χ1) is 34.3. The van der Waals surface area contributed by atoms with Crippen molar-refractivity contribution in [1.82, 2.24) is 5.32 Å². The SMILES string of the molecule is CCCCCCCCCCCCCCCCCCCCCCCCCCCCCCCCCC(=O)N[C@@H](CO[C@@H]1O[C@H](CO)[C@@H](O)C(O)C1O)[C@H](O)[C@H](O)CCCCCCCCCCCCCCCC. The summed E-state index contributed by atoms with van der Waals surface area (Å²) in [6.07, 6.45) is 50.0. The highest BCUT2D eigenvalue weighted by molar-refractivity contribution is 5.76. The molecule has 8 atom stereocenters. The minimum atomic E-state index is -1.60. The third-order valence-corrected chi connectivity index (χ3v) is 15.3. The zero-order valence-corrected chi connectivity index (χ0v) is 46.2. The van der Waals surface area contributed by atoms with Gasteiger partial charge in [0.2, 0.25) is 5.91 Å². The van der Waals surface area contributed by atoms with Gasteiger partial charge in [0, 0.05) is 6.42 Å². The van der Waals surface area contributed by atoms with Crippen LogP contribution in [0.2, 0.25) is 0 Å². The largest absolute Gasteiger partial charge is 0.394 e. The molecule has 10 nitrogen and oxygen atoms in total. The molecule has 0 aromatic heterocycles. The first kappa shape index (κ1) is 67.2. The molecular weight excluding hydrogens is 879 g/mol. The van der Waals surface area contributed by atoms with E-state index in [-0.39, 0.29) is 18.9 Å². The van der Waals surface area contributed by atoms with Gasteiger partial charge in [0.1, 0.15) is 30.5 Å². The van der Waals surface area contributed by atoms with Gasteiger partial charge in [-0.05, 0) is 12.8 Å². The van der Waals surface area contributed by atoms with Crippen molar-refractivity contribution >= 4 is 5.91 Å². The first-order valence-corrected chi connectivity index (χ1v) is 30.8. The summed E-state index contributed by atoms with van der Waals surface area (Å²) < 4.78 is 11.2. The van der Waals surface area contributed by atoms with Gasteiger partial charge in [-0.1, -0.05) is 296 Å². The van der Waals surface area contributed by atoms with E-state index in [0.717, 1.165) is 38.5 Å². The van der Waals surface area contributed by atoms with Crippen LogP contribution >= 0.6 is 0 Å². The number of carbonyl (C=O) groups is 1. The van der Waals surface area contributed by atoms with Gasteiger partial charge in [0.25, 0.3) is 0 Å². The second-order valence-corrected chi connectivity index (χ2v) is 22.0. The van der Waals surface area contributed by atoms with Gasteiger partial charge < -0.3 is 45.4 Å². The van der Waals surface area contributed by atoms with Crippen LogP contribution in [0, 0.1) is 0 Å². The van der Waals surface area contributed by atoms with Crippen molar-refractivity contribution in [2.24, 2.45) is 0 Å². The highest BCUT2D eigenvalue weighted by Gasteiger charge is 2.44. The van der Waals surface area contributed by atoms with Crippen molar-refractivity contribution in [2.75, 3.05) is 13.2 Å². The molecule has 10 heteroatoms. The molecule has 1 fully saturated rings. The fourth-order valence-corrected chi connectivity index (χ4v) is 10.4. The monoisotopic (exact) mass is 998 g/mol. The van der Waals surface area contributed by atoms with E-state index in [1.54, 1.807) is 0 Å². The number of amides is 1. The summed E-state index contributed by atoms with van der Waals surface area (Å²) in [6.45, 7) is 3.66. The van der Waals surface area contributed by atoms with E-state index in [1.807, 2.05) is 0 Å². The number of unbranched alkanes of at least 4 members (excludes halogenated alkanes) is 43. The summed E-state index contributed by atoms with van der Waals surface area (Å²) in [4.78, 5) is 13.1. The molecule has 0 aromatic rings. The summed E-state index contributed by atoms with van der Waals surface area (Å²) >= 11 is 0. The van der Waals surface area contributed by atoms with Crippen LogP contribution in [0.15, 0.2) is 0 Å². The third kappa shape index (κ3) is 38.7. The normalized spacial score (nSPS) is 19.7. The molecule has 1 amide bonds. The molecule has 1 aliphatic heterocycles. The zero-order valence-electron chi connectivity index (χ0n) is 46.2. The molecular formula is C60H119NO9. The molecule has 0 radical (unpaired) electrons. The fourth-order valence-electron chi connectivity index (χ4n) is 10.4. The van der Waals surface area contributed by atoms with Gasteiger partial charge in [-0.15, -0.1) is 0 Å². The lowest BCUT2D eigenvalue weighted by molar-refractivity contribution is -0.303. The number of hydrogen-bond donors (Lipinski definition) is 7. The number of rotatable bonds is 54. The molecule has 0 spiro atoms. The Labute approximate surface area is 432 Å². The molecule has 0 aliphatic carbocycles. The summed E-state index contributed by atoms with van der Waals surface area (Å²) in [5.74, 6) is -0.249. The Hall–Kier alpha value is -0.850. The highest BCUT2D eigenvalue weighted by Crippen LogP contribution is 2.24. The van der Waals surface area contributed by atoms with E-state index >= 15 is 0 Å². The molecule has 0 saturated carbocycles. The Balaban J connectivity index is 2.14. The van der Waals surface area contributed by atoms with E-state index in [0.29, 0.717) is 6.42 Å². The standard InChI is InChI=1S/C60H119NO9/c1-3-5-7-9-11-13-15-17-19-20-21-22-23-24-25-26-27-28-29-30-31-32-33-34-35-37-39-41-43-45-47-49-55(64)61-52(51-69-60-59(68)58(67)57(66)54(50-62)70-60)56(65)53(63)48-46-44-42-40-38-36-18-16-14-12-10-8-6-4-2/h52-54,56-60,62-63,65-68H,3-51H2,1-2H3,(H,61,64)/t52-,53+,54+,56-,57+,58?,59?,60+/m0/s1. The molecule has 0 aromatic carbocycles. The predicted octanol–water partition coefficient (Wildman–Crippen LogP) is 14.4. The molecule has 0 bridgehead atoms. The van der Waals surface area contributed by atoms with Gasteiger partial charge in [-0.25, -0.2) is 0 Å². The first-order valence-electron chi connectivity index (χ1n) is 30.8. The lowest BCUT2D eigenvalue weighted by atomic mass is 9.98. The summed E-state index contributed by atoms with van der Waals surface area (Å²) in [7, 11) is 0. The van der Waals surface area contributed by atoms with E-state index in [9.17, 15) is 35.4 Å². The lowest BCUT2D eigenvalue weighted by Gasteiger charge is -2.40. The van der Waals surface area contributed by atoms with Crippen LogP contribution in [0.1, 0.15) is 316 Å². The number of carbonyl (C=O) groups excluding carboxylic acids is 1. The molecule has 2 unspecified atom stereocenters. The quantitative estimate of drug-likeness (QED) is 0.0293. The zero-order chi connectivity index (χ0) is 51.0. The van der Waals surface area contributed by atoms with E-state index in [2.05, 4.69) is 19.2 Å². The number of hydrogen-bond acceptors (Lipinski definition) is 9. The van der Waals surface area contributed by atoms with E-state index in [1.165, 1.54) is 250 Å². The van der Waals surface area contributed by atoms with Crippen LogP contribution in [-0.2, 0) is 14.3 Å². The Kier molecular flexibility index (Phi) is 48.3. The Bertz CT molecular complexity index is 1080. The third-order valence-electron chi connectivity index (χ3n) is 15.3. The maximum Gasteiger partial charge on any atom is 0.220 e. The fraction of sp³-hybridized carbons (Fsp3) is 0.983. The molecule has 418 valence electrons. The molecule has 1 rings (SSSR count). The lowest BCUT2D eigenvalue weighted by Crippen LogP contribution is -2.60. The molecule has 1 saturated heterocycles. The average Bonchev–Trinajstić information content (AvgIpc) is 3.36. The summed E-state index contributed by atoms with van der Waals surface area (Å²) in [6, 6.07) is -0.986. The Morgan fingerprint density at radius 2 is 0.743 bits per heavy atom.